The summed E-state index contributed by atoms with van der Waals surface area (Å²) in [4.78, 5) is 9.07. The predicted octanol–water partition coefficient (Wildman–Crippen LogP) is 1.45. The number of aliphatic imine (C=N–C) groups is 1. The third kappa shape index (κ3) is 3.71. The Labute approximate surface area is 113 Å². The maximum atomic E-state index is 4.55. The van der Waals surface area contributed by atoms with Crippen LogP contribution in [0.4, 0.5) is 0 Å². The minimum absolute atomic E-state index is 0.735. The van der Waals surface area contributed by atoms with Crippen molar-refractivity contribution in [1.29, 1.82) is 0 Å². The van der Waals surface area contributed by atoms with Gasteiger partial charge in [0.05, 0.1) is 5.69 Å². The normalized spacial score (nSPS) is 10.4. The molecule has 2 aromatic heterocycles. The first-order chi connectivity index (χ1) is 9.33. The fourth-order valence-corrected chi connectivity index (χ4v) is 1.90. The summed E-state index contributed by atoms with van der Waals surface area (Å²) in [6.07, 6.45) is 4.92. The van der Waals surface area contributed by atoms with Crippen molar-refractivity contribution in [3.63, 3.8) is 0 Å². The third-order valence-electron chi connectivity index (χ3n) is 2.74. The molecule has 0 aliphatic rings. The lowest BCUT2D eigenvalue weighted by atomic mass is 10.3. The van der Waals surface area contributed by atoms with Crippen molar-refractivity contribution in [3.8, 4) is 0 Å². The molecule has 102 valence electrons. The van der Waals surface area contributed by atoms with Gasteiger partial charge in [-0.05, 0) is 26.0 Å². The molecule has 0 saturated carbocycles. The summed E-state index contributed by atoms with van der Waals surface area (Å²) in [6, 6.07) is 6.01. The Morgan fingerprint density at radius 3 is 2.74 bits per heavy atom. The largest absolute Gasteiger partial charge is 0.357 e. The molecule has 2 N–H and O–H groups in total. The van der Waals surface area contributed by atoms with E-state index in [9.17, 15) is 0 Å². The van der Waals surface area contributed by atoms with Crippen LogP contribution in [-0.2, 0) is 6.42 Å². The van der Waals surface area contributed by atoms with Crippen molar-refractivity contribution in [3.05, 3.63) is 36.3 Å². The Bertz CT molecular complexity index is 503. The van der Waals surface area contributed by atoms with Crippen LogP contribution >= 0.6 is 0 Å². The second kappa shape index (κ2) is 6.78. The molecule has 19 heavy (non-hydrogen) atoms. The van der Waals surface area contributed by atoms with Crippen LogP contribution in [0.1, 0.15) is 19.5 Å². The first-order valence-corrected chi connectivity index (χ1v) is 6.78. The molecule has 2 heterocycles. The molecule has 0 aromatic carbocycles. The average Bonchev–Trinajstić information content (AvgIpc) is 2.82. The van der Waals surface area contributed by atoms with Gasteiger partial charge in [0.2, 0.25) is 0 Å². The van der Waals surface area contributed by atoms with Gasteiger partial charge in [0, 0.05) is 38.4 Å². The Kier molecular flexibility index (Phi) is 4.78. The Morgan fingerprint density at radius 1 is 1.26 bits per heavy atom. The second-order valence-electron chi connectivity index (χ2n) is 4.24. The lowest BCUT2D eigenvalue weighted by Gasteiger charge is -2.08. The van der Waals surface area contributed by atoms with Crippen LogP contribution in [0.5, 0.6) is 0 Å². The Balaban J connectivity index is 1.95. The molecule has 0 aliphatic carbocycles. The standard InChI is InChI=1S/C14H21N5/c1-3-15-14(16-4-2)17-9-8-12-11-19-10-6-5-7-13(19)18-12/h5-7,10-11H,3-4,8-9H2,1-2H3,(H2,15,16,17). The third-order valence-corrected chi connectivity index (χ3v) is 2.74. The van der Waals surface area contributed by atoms with Crippen LogP contribution in [0.15, 0.2) is 35.6 Å². The molecule has 0 radical (unpaired) electrons. The first-order valence-electron chi connectivity index (χ1n) is 6.78. The van der Waals surface area contributed by atoms with Crippen LogP contribution < -0.4 is 10.6 Å². The van der Waals surface area contributed by atoms with Gasteiger partial charge in [-0.25, -0.2) is 4.98 Å². The van der Waals surface area contributed by atoms with Crippen LogP contribution in [0.2, 0.25) is 0 Å². The van der Waals surface area contributed by atoms with Crippen LogP contribution in [0, 0.1) is 0 Å². The van der Waals surface area contributed by atoms with Crippen molar-refractivity contribution in [2.75, 3.05) is 19.6 Å². The molecule has 0 bridgehead atoms. The predicted molar refractivity (Wildman–Crippen MR) is 78.6 cm³/mol. The summed E-state index contributed by atoms with van der Waals surface area (Å²) in [5.74, 6) is 0.869. The van der Waals surface area contributed by atoms with E-state index in [0.29, 0.717) is 0 Å². The van der Waals surface area contributed by atoms with Crippen LogP contribution in [0.3, 0.4) is 0 Å². The monoisotopic (exact) mass is 259 g/mol. The minimum Gasteiger partial charge on any atom is -0.357 e. The van der Waals surface area contributed by atoms with Crippen molar-refractivity contribution in [2.24, 2.45) is 4.99 Å². The van der Waals surface area contributed by atoms with E-state index >= 15 is 0 Å². The van der Waals surface area contributed by atoms with Crippen LogP contribution in [0.25, 0.3) is 5.65 Å². The molecule has 0 saturated heterocycles. The highest BCUT2D eigenvalue weighted by Crippen LogP contribution is 2.04. The van der Waals surface area contributed by atoms with Gasteiger partial charge in [-0.1, -0.05) is 6.07 Å². The zero-order chi connectivity index (χ0) is 13.5. The first kappa shape index (κ1) is 13.4. The van der Waals surface area contributed by atoms with Gasteiger partial charge >= 0.3 is 0 Å². The van der Waals surface area contributed by atoms with E-state index in [0.717, 1.165) is 43.4 Å². The zero-order valence-electron chi connectivity index (χ0n) is 11.6. The highest BCUT2D eigenvalue weighted by atomic mass is 15.2. The number of imidazole rings is 1. The number of aromatic nitrogens is 2. The van der Waals surface area contributed by atoms with Gasteiger partial charge in [0.1, 0.15) is 5.65 Å². The van der Waals surface area contributed by atoms with Crippen LogP contribution in [-0.4, -0.2) is 35.0 Å². The lowest BCUT2D eigenvalue weighted by molar-refractivity contribution is 0.829. The lowest BCUT2D eigenvalue weighted by Crippen LogP contribution is -2.37. The van der Waals surface area contributed by atoms with Gasteiger partial charge in [0.15, 0.2) is 5.96 Å². The minimum atomic E-state index is 0.735. The molecule has 0 spiro atoms. The fourth-order valence-electron chi connectivity index (χ4n) is 1.90. The van der Waals surface area contributed by atoms with Gasteiger partial charge in [-0.15, -0.1) is 0 Å². The van der Waals surface area contributed by atoms with Crippen molar-refractivity contribution in [2.45, 2.75) is 20.3 Å². The molecule has 2 rings (SSSR count). The molecule has 0 amide bonds. The number of hydrogen-bond donors (Lipinski definition) is 2. The molecule has 0 unspecified atom stereocenters. The van der Waals surface area contributed by atoms with E-state index in [1.807, 2.05) is 28.8 Å². The number of fused-ring (bicyclic) bond motifs is 1. The Hall–Kier alpha value is -2.04. The molecule has 5 heteroatoms. The zero-order valence-corrected chi connectivity index (χ0v) is 11.6. The summed E-state index contributed by atoms with van der Waals surface area (Å²) >= 11 is 0. The summed E-state index contributed by atoms with van der Waals surface area (Å²) in [6.45, 7) is 6.61. The summed E-state index contributed by atoms with van der Waals surface area (Å²) in [7, 11) is 0. The van der Waals surface area contributed by atoms with E-state index < -0.39 is 0 Å². The average molecular weight is 259 g/mol. The molecular formula is C14H21N5. The molecule has 0 fully saturated rings. The second-order valence-corrected chi connectivity index (χ2v) is 4.24. The number of pyridine rings is 1. The van der Waals surface area contributed by atoms with E-state index in [1.165, 1.54) is 0 Å². The number of nitrogens with zero attached hydrogens (tertiary/aromatic N) is 3. The molecule has 2 aromatic rings. The molecule has 0 aliphatic heterocycles. The SMILES string of the molecule is CCNC(=NCCc1cn2ccccc2n1)NCC. The number of rotatable bonds is 5. The number of hydrogen-bond acceptors (Lipinski definition) is 2. The highest BCUT2D eigenvalue weighted by Gasteiger charge is 2.00. The number of nitrogens with one attached hydrogen (secondary N) is 2. The quantitative estimate of drug-likeness (QED) is 0.631. The van der Waals surface area contributed by atoms with Crippen molar-refractivity contribution >= 4 is 11.6 Å². The van der Waals surface area contributed by atoms with E-state index in [2.05, 4.69) is 40.7 Å². The van der Waals surface area contributed by atoms with Gasteiger partial charge in [-0.2, -0.15) is 0 Å². The summed E-state index contributed by atoms with van der Waals surface area (Å²) in [5, 5.41) is 6.42. The number of guanidine groups is 1. The summed E-state index contributed by atoms with van der Waals surface area (Å²) < 4.78 is 2.04. The molecule has 0 atom stereocenters. The maximum Gasteiger partial charge on any atom is 0.191 e. The highest BCUT2D eigenvalue weighted by molar-refractivity contribution is 5.79. The summed E-state index contributed by atoms with van der Waals surface area (Å²) in [5.41, 5.74) is 2.06. The van der Waals surface area contributed by atoms with E-state index in [-0.39, 0.29) is 0 Å². The maximum absolute atomic E-state index is 4.55. The van der Waals surface area contributed by atoms with Gasteiger partial charge in [0.25, 0.3) is 0 Å². The smallest absolute Gasteiger partial charge is 0.191 e. The Morgan fingerprint density at radius 2 is 2.05 bits per heavy atom. The van der Waals surface area contributed by atoms with Crippen molar-refractivity contribution < 1.29 is 0 Å². The van der Waals surface area contributed by atoms with Gasteiger partial charge < -0.3 is 15.0 Å². The molecular weight excluding hydrogens is 238 g/mol. The fraction of sp³-hybridized carbons (Fsp3) is 0.429. The van der Waals surface area contributed by atoms with Crippen molar-refractivity contribution in [1.82, 2.24) is 20.0 Å². The van der Waals surface area contributed by atoms with Gasteiger partial charge in [-0.3, -0.25) is 4.99 Å². The molecule has 5 nitrogen and oxygen atoms in total. The van der Waals surface area contributed by atoms with E-state index in [4.69, 9.17) is 0 Å². The topological polar surface area (TPSA) is 53.7 Å². The van der Waals surface area contributed by atoms with E-state index in [1.54, 1.807) is 0 Å².